The van der Waals surface area contributed by atoms with Crippen LogP contribution in [-0.4, -0.2) is 25.9 Å². The predicted molar refractivity (Wildman–Crippen MR) is 99.8 cm³/mol. The van der Waals surface area contributed by atoms with Gasteiger partial charge in [-0.3, -0.25) is 9.36 Å². The Morgan fingerprint density at radius 3 is 2.56 bits per heavy atom. The Morgan fingerprint density at radius 2 is 1.81 bits per heavy atom. The third-order valence-electron chi connectivity index (χ3n) is 4.25. The van der Waals surface area contributed by atoms with E-state index in [1.807, 2.05) is 31.2 Å². The van der Waals surface area contributed by atoms with Crippen molar-refractivity contribution in [2.24, 2.45) is 0 Å². The molecular formula is C20H17FN4O2. The first-order chi connectivity index (χ1) is 13.1. The normalized spacial score (nSPS) is 11.0. The fourth-order valence-corrected chi connectivity index (χ4v) is 2.78. The van der Waals surface area contributed by atoms with Crippen molar-refractivity contribution in [1.82, 2.24) is 19.3 Å². The maximum Gasteiger partial charge on any atom is 0.264 e. The molecule has 0 radical (unpaired) electrons. The van der Waals surface area contributed by atoms with Crippen LogP contribution in [0.4, 0.5) is 4.39 Å². The van der Waals surface area contributed by atoms with Crippen molar-refractivity contribution < 1.29 is 9.13 Å². The second-order valence-electron chi connectivity index (χ2n) is 6.17. The van der Waals surface area contributed by atoms with Crippen LogP contribution in [0, 0.1) is 12.7 Å². The van der Waals surface area contributed by atoms with E-state index in [1.54, 1.807) is 12.1 Å². The standard InChI is InChI=1S/C20H17FN4O2/c1-14-2-8-17(9-3-14)27-11-10-24-13-22-19-18(20(24)26)12-23-25(19)16-6-4-15(21)5-7-16/h2-9,12-13H,10-11H2,1H3. The average Bonchev–Trinajstić information content (AvgIpc) is 3.11. The Labute approximate surface area is 154 Å². The fourth-order valence-electron chi connectivity index (χ4n) is 2.78. The van der Waals surface area contributed by atoms with Crippen LogP contribution in [0.1, 0.15) is 5.56 Å². The highest BCUT2D eigenvalue weighted by Gasteiger charge is 2.11. The number of benzene rings is 2. The molecule has 0 aliphatic rings. The number of aryl methyl sites for hydroxylation is 1. The third kappa shape index (κ3) is 3.44. The van der Waals surface area contributed by atoms with E-state index in [1.165, 1.54) is 33.9 Å². The van der Waals surface area contributed by atoms with Crippen molar-refractivity contribution in [3.8, 4) is 11.4 Å². The van der Waals surface area contributed by atoms with Gasteiger partial charge in [0.2, 0.25) is 0 Å². The molecule has 0 bridgehead atoms. The highest BCUT2D eigenvalue weighted by molar-refractivity contribution is 5.74. The molecule has 0 fully saturated rings. The van der Waals surface area contributed by atoms with Gasteiger partial charge >= 0.3 is 0 Å². The van der Waals surface area contributed by atoms with E-state index >= 15 is 0 Å². The maximum absolute atomic E-state index is 13.1. The van der Waals surface area contributed by atoms with Gasteiger partial charge in [-0.15, -0.1) is 0 Å². The number of ether oxygens (including phenoxy) is 1. The second-order valence-corrected chi connectivity index (χ2v) is 6.17. The highest BCUT2D eigenvalue weighted by Crippen LogP contribution is 2.14. The first kappa shape index (κ1) is 17.0. The monoisotopic (exact) mass is 364 g/mol. The number of aromatic nitrogens is 4. The van der Waals surface area contributed by atoms with E-state index in [-0.39, 0.29) is 11.4 Å². The SMILES string of the molecule is Cc1ccc(OCCn2cnc3c(cnn3-c3ccc(F)cc3)c2=O)cc1. The van der Waals surface area contributed by atoms with E-state index in [0.29, 0.717) is 29.9 Å². The molecule has 0 saturated heterocycles. The second kappa shape index (κ2) is 7.03. The topological polar surface area (TPSA) is 61.9 Å². The van der Waals surface area contributed by atoms with Gasteiger partial charge < -0.3 is 4.74 Å². The lowest BCUT2D eigenvalue weighted by molar-refractivity contribution is 0.296. The van der Waals surface area contributed by atoms with E-state index in [9.17, 15) is 9.18 Å². The van der Waals surface area contributed by atoms with Crippen molar-refractivity contribution in [1.29, 1.82) is 0 Å². The van der Waals surface area contributed by atoms with Crippen LogP contribution >= 0.6 is 0 Å². The number of nitrogens with zero attached hydrogens (tertiary/aromatic N) is 4. The van der Waals surface area contributed by atoms with Gasteiger partial charge in [0.25, 0.3) is 5.56 Å². The number of fused-ring (bicyclic) bond motifs is 1. The van der Waals surface area contributed by atoms with Gasteiger partial charge in [0.05, 0.1) is 18.4 Å². The molecule has 0 spiro atoms. The zero-order chi connectivity index (χ0) is 18.8. The van der Waals surface area contributed by atoms with Crippen molar-refractivity contribution in [3.05, 3.63) is 82.8 Å². The number of halogens is 1. The summed E-state index contributed by atoms with van der Waals surface area (Å²) >= 11 is 0. The number of rotatable bonds is 5. The van der Waals surface area contributed by atoms with E-state index in [4.69, 9.17) is 4.74 Å². The lowest BCUT2D eigenvalue weighted by Gasteiger charge is -2.08. The Kier molecular flexibility index (Phi) is 4.42. The molecular weight excluding hydrogens is 347 g/mol. The molecule has 27 heavy (non-hydrogen) atoms. The molecule has 4 aromatic rings. The fraction of sp³-hybridized carbons (Fsp3) is 0.150. The minimum absolute atomic E-state index is 0.194. The molecule has 0 unspecified atom stereocenters. The summed E-state index contributed by atoms with van der Waals surface area (Å²) in [5.41, 5.74) is 2.04. The van der Waals surface area contributed by atoms with Crippen LogP contribution in [0.25, 0.3) is 16.7 Å². The summed E-state index contributed by atoms with van der Waals surface area (Å²) in [7, 11) is 0. The van der Waals surface area contributed by atoms with Gasteiger partial charge in [-0.25, -0.2) is 14.1 Å². The molecule has 0 aliphatic heterocycles. The first-order valence-electron chi connectivity index (χ1n) is 8.50. The smallest absolute Gasteiger partial charge is 0.264 e. The molecule has 0 amide bonds. The lowest BCUT2D eigenvalue weighted by atomic mass is 10.2. The van der Waals surface area contributed by atoms with Crippen LogP contribution in [0.3, 0.4) is 0 Å². The maximum atomic E-state index is 13.1. The summed E-state index contributed by atoms with van der Waals surface area (Å²) in [6.07, 6.45) is 2.95. The van der Waals surface area contributed by atoms with Crippen molar-refractivity contribution in [2.45, 2.75) is 13.5 Å². The summed E-state index contributed by atoms with van der Waals surface area (Å²) in [6, 6.07) is 13.6. The van der Waals surface area contributed by atoms with E-state index < -0.39 is 0 Å². The summed E-state index contributed by atoms with van der Waals surface area (Å²) in [4.78, 5) is 17.0. The van der Waals surface area contributed by atoms with Gasteiger partial charge in [-0.1, -0.05) is 17.7 Å². The van der Waals surface area contributed by atoms with Crippen LogP contribution in [0.5, 0.6) is 5.75 Å². The molecule has 6 nitrogen and oxygen atoms in total. The molecule has 7 heteroatoms. The first-order valence-corrected chi connectivity index (χ1v) is 8.50. The van der Waals surface area contributed by atoms with E-state index in [0.717, 1.165) is 11.3 Å². The average molecular weight is 364 g/mol. The Balaban J connectivity index is 1.55. The van der Waals surface area contributed by atoms with Gasteiger partial charge in [-0.05, 0) is 43.3 Å². The largest absolute Gasteiger partial charge is 0.492 e. The molecule has 0 saturated carbocycles. The van der Waals surface area contributed by atoms with Crippen LogP contribution < -0.4 is 10.3 Å². The highest BCUT2D eigenvalue weighted by atomic mass is 19.1. The minimum atomic E-state index is -0.334. The molecule has 2 aromatic carbocycles. The van der Waals surface area contributed by atoms with Gasteiger partial charge in [0.1, 0.15) is 29.9 Å². The van der Waals surface area contributed by atoms with Crippen molar-refractivity contribution in [2.75, 3.05) is 6.61 Å². The zero-order valence-corrected chi connectivity index (χ0v) is 14.7. The van der Waals surface area contributed by atoms with Crippen molar-refractivity contribution >= 4 is 11.0 Å². The summed E-state index contributed by atoms with van der Waals surface area (Å²) in [6.45, 7) is 2.73. The molecule has 2 heterocycles. The Hall–Kier alpha value is -3.48. The molecule has 0 aliphatic carbocycles. The molecule has 0 atom stereocenters. The lowest BCUT2D eigenvalue weighted by Crippen LogP contribution is -2.23. The number of hydrogen-bond donors (Lipinski definition) is 0. The third-order valence-corrected chi connectivity index (χ3v) is 4.25. The zero-order valence-electron chi connectivity index (χ0n) is 14.7. The number of hydrogen-bond acceptors (Lipinski definition) is 4. The Bertz CT molecular complexity index is 1130. The molecule has 0 N–H and O–H groups in total. The van der Waals surface area contributed by atoms with Gasteiger partial charge in [0, 0.05) is 0 Å². The Morgan fingerprint density at radius 1 is 1.07 bits per heavy atom. The summed E-state index contributed by atoms with van der Waals surface area (Å²) < 4.78 is 21.8. The summed E-state index contributed by atoms with van der Waals surface area (Å²) in [5.74, 6) is 0.422. The van der Waals surface area contributed by atoms with Crippen LogP contribution in [0.2, 0.25) is 0 Å². The minimum Gasteiger partial charge on any atom is -0.492 e. The van der Waals surface area contributed by atoms with Crippen LogP contribution in [-0.2, 0) is 6.54 Å². The van der Waals surface area contributed by atoms with E-state index in [2.05, 4.69) is 10.1 Å². The molecule has 2 aromatic heterocycles. The van der Waals surface area contributed by atoms with Gasteiger partial charge in [0.15, 0.2) is 5.65 Å². The molecule has 4 rings (SSSR count). The van der Waals surface area contributed by atoms with Crippen LogP contribution in [0.15, 0.2) is 65.8 Å². The van der Waals surface area contributed by atoms with Gasteiger partial charge in [-0.2, -0.15) is 5.10 Å². The summed E-state index contributed by atoms with van der Waals surface area (Å²) in [5, 5.41) is 4.62. The predicted octanol–water partition coefficient (Wildman–Crippen LogP) is 3.11. The van der Waals surface area contributed by atoms with Crippen molar-refractivity contribution in [3.63, 3.8) is 0 Å². The molecule has 136 valence electrons. The quantitative estimate of drug-likeness (QED) is 0.546.